The van der Waals surface area contributed by atoms with Gasteiger partial charge in [-0.2, -0.15) is 0 Å². The molecule has 4 atom stereocenters. The zero-order valence-corrected chi connectivity index (χ0v) is 19.4. The van der Waals surface area contributed by atoms with Crippen molar-refractivity contribution in [3.63, 3.8) is 0 Å². The standard InChI is InChI=1S/C27H50O2/c1-2-3-4-5-6-7-8-9-10-11-12-13-14-15-23-29-27-22-21-26(28)24-17-16-18-25(27)20-19-24/h24-27H,1-23H2. The highest BCUT2D eigenvalue weighted by atomic mass is 16.5. The summed E-state index contributed by atoms with van der Waals surface area (Å²) in [6, 6.07) is 0. The molecule has 29 heavy (non-hydrogen) atoms. The number of unbranched alkanes of at least 4 members (excludes halogenated alkanes) is 13. The molecule has 2 fully saturated rings. The van der Waals surface area contributed by atoms with Gasteiger partial charge in [-0.3, -0.25) is 0 Å². The number of ether oxygens (including phenoxy) is 1. The molecule has 0 aliphatic heterocycles. The molecule has 0 saturated heterocycles. The van der Waals surface area contributed by atoms with Crippen molar-refractivity contribution in [2.45, 2.75) is 147 Å². The molecule has 4 unspecified atom stereocenters. The minimum absolute atomic E-state index is 0.321. The van der Waals surface area contributed by atoms with Crippen LogP contribution in [0.25, 0.3) is 0 Å². The summed E-state index contributed by atoms with van der Waals surface area (Å²) in [5.74, 6) is 1.20. The third-order valence-electron chi connectivity index (χ3n) is 7.57. The van der Waals surface area contributed by atoms with E-state index in [1.54, 1.807) is 0 Å². The molecule has 2 nitrogen and oxygen atoms in total. The summed E-state index contributed by atoms with van der Waals surface area (Å²) >= 11 is 0. The fourth-order valence-electron chi connectivity index (χ4n) is 5.58. The molecule has 0 N–H and O–H groups in total. The minimum Gasteiger partial charge on any atom is -0.378 e. The summed E-state index contributed by atoms with van der Waals surface area (Å²) < 4.78 is 6.32. The summed E-state index contributed by atoms with van der Waals surface area (Å²) in [4.78, 5) is 0. The zero-order valence-electron chi connectivity index (χ0n) is 19.4. The SMILES string of the molecule is [CH2]CCCCCCCCCCCCCCCOC1CCC([O])C2CCCC1CC2. The van der Waals surface area contributed by atoms with Crippen LogP contribution in [0, 0.1) is 18.8 Å². The van der Waals surface area contributed by atoms with Crippen LogP contribution in [0.1, 0.15) is 135 Å². The second kappa shape index (κ2) is 16.6. The highest BCUT2D eigenvalue weighted by Gasteiger charge is 2.33. The molecule has 2 radical (unpaired) electrons. The van der Waals surface area contributed by atoms with Gasteiger partial charge in [0, 0.05) is 6.61 Å². The van der Waals surface area contributed by atoms with Crippen molar-refractivity contribution >= 4 is 0 Å². The molecule has 2 saturated carbocycles. The van der Waals surface area contributed by atoms with E-state index in [0.29, 0.717) is 12.0 Å². The summed E-state index contributed by atoms with van der Waals surface area (Å²) in [5, 5.41) is 12.4. The molecule has 0 aromatic rings. The number of hydrogen-bond donors (Lipinski definition) is 0. The summed E-state index contributed by atoms with van der Waals surface area (Å²) in [6.07, 6.45) is 27.1. The molecular weight excluding hydrogens is 356 g/mol. The maximum atomic E-state index is 12.4. The summed E-state index contributed by atoms with van der Waals surface area (Å²) in [6.45, 7) is 4.83. The zero-order chi connectivity index (χ0) is 20.6. The maximum Gasteiger partial charge on any atom is 0.0959 e. The first-order valence-corrected chi connectivity index (χ1v) is 13.4. The fourth-order valence-corrected chi connectivity index (χ4v) is 5.58. The minimum atomic E-state index is -0.321. The van der Waals surface area contributed by atoms with E-state index >= 15 is 0 Å². The van der Waals surface area contributed by atoms with Gasteiger partial charge in [-0.1, -0.05) is 96.8 Å². The van der Waals surface area contributed by atoms with Crippen molar-refractivity contribution in [3.05, 3.63) is 6.92 Å². The predicted molar refractivity (Wildman–Crippen MR) is 124 cm³/mol. The van der Waals surface area contributed by atoms with Gasteiger partial charge >= 0.3 is 0 Å². The van der Waals surface area contributed by atoms with Crippen molar-refractivity contribution in [2.24, 2.45) is 11.8 Å². The first kappa shape index (κ1) is 25.2. The number of hydrogen-bond acceptors (Lipinski definition) is 1. The third kappa shape index (κ3) is 11.2. The first-order valence-electron chi connectivity index (χ1n) is 13.4. The molecule has 2 aliphatic carbocycles. The quantitative estimate of drug-likeness (QED) is 0.236. The molecule has 0 spiro atoms. The Morgan fingerprint density at radius 3 is 1.72 bits per heavy atom. The predicted octanol–water partition coefficient (Wildman–Crippen LogP) is 8.46. The van der Waals surface area contributed by atoms with Crippen LogP contribution in [0.3, 0.4) is 0 Å². The fraction of sp³-hybridized carbons (Fsp3) is 0.963. The van der Waals surface area contributed by atoms with Crippen molar-refractivity contribution in [2.75, 3.05) is 6.61 Å². The first-order chi connectivity index (χ1) is 14.3. The van der Waals surface area contributed by atoms with E-state index in [1.807, 2.05) is 0 Å². The lowest BCUT2D eigenvalue weighted by molar-refractivity contribution is -0.0368. The smallest absolute Gasteiger partial charge is 0.0959 e. The number of rotatable bonds is 16. The van der Waals surface area contributed by atoms with Gasteiger partial charge in [0.15, 0.2) is 0 Å². The van der Waals surface area contributed by atoms with Crippen molar-refractivity contribution < 1.29 is 9.84 Å². The van der Waals surface area contributed by atoms with Gasteiger partial charge in [0.25, 0.3) is 0 Å². The normalized spacial score (nSPS) is 27.5. The van der Waals surface area contributed by atoms with Crippen LogP contribution in [-0.4, -0.2) is 18.8 Å². The van der Waals surface area contributed by atoms with Crippen LogP contribution >= 0.6 is 0 Å². The highest BCUT2D eigenvalue weighted by molar-refractivity contribution is 4.84. The molecule has 170 valence electrons. The van der Waals surface area contributed by atoms with Crippen molar-refractivity contribution in [3.8, 4) is 0 Å². The lowest BCUT2D eigenvalue weighted by Crippen LogP contribution is -2.29. The van der Waals surface area contributed by atoms with Crippen LogP contribution < -0.4 is 0 Å². The molecule has 0 amide bonds. The molecule has 2 rings (SSSR count). The Bertz CT molecular complexity index is 370. The van der Waals surface area contributed by atoms with Gasteiger partial charge in [0.05, 0.1) is 12.2 Å². The van der Waals surface area contributed by atoms with Crippen LogP contribution in [0.15, 0.2) is 0 Å². The van der Waals surface area contributed by atoms with Gasteiger partial charge in [0.2, 0.25) is 0 Å². The van der Waals surface area contributed by atoms with E-state index in [-0.39, 0.29) is 6.10 Å². The maximum absolute atomic E-state index is 12.4. The van der Waals surface area contributed by atoms with Gasteiger partial charge in [0.1, 0.15) is 0 Å². The second-order valence-corrected chi connectivity index (χ2v) is 10.0. The van der Waals surface area contributed by atoms with Gasteiger partial charge < -0.3 is 4.74 Å². The largest absolute Gasteiger partial charge is 0.378 e. The monoisotopic (exact) mass is 406 g/mol. The van der Waals surface area contributed by atoms with Crippen LogP contribution in [-0.2, 0) is 9.84 Å². The van der Waals surface area contributed by atoms with E-state index in [0.717, 1.165) is 38.2 Å². The lowest BCUT2D eigenvalue weighted by Gasteiger charge is -2.30. The summed E-state index contributed by atoms with van der Waals surface area (Å²) in [5.41, 5.74) is 0. The van der Waals surface area contributed by atoms with E-state index in [4.69, 9.17) is 4.74 Å². The van der Waals surface area contributed by atoms with Crippen LogP contribution in [0.2, 0.25) is 0 Å². The van der Waals surface area contributed by atoms with Gasteiger partial charge in [-0.05, 0) is 56.8 Å². The Kier molecular flexibility index (Phi) is 14.4. The molecule has 0 heterocycles. The Balaban J connectivity index is 1.38. The van der Waals surface area contributed by atoms with Crippen LogP contribution in [0.5, 0.6) is 0 Å². The van der Waals surface area contributed by atoms with E-state index in [2.05, 4.69) is 6.92 Å². The Hall–Kier alpha value is -0.0800. The Labute approximate surface area is 182 Å². The Morgan fingerprint density at radius 1 is 0.586 bits per heavy atom. The molecular formula is C27H50O2. The molecule has 2 heteroatoms. The summed E-state index contributed by atoms with van der Waals surface area (Å²) in [7, 11) is 0. The molecule has 2 aliphatic rings. The number of fused-ring (bicyclic) bond motifs is 3. The average Bonchev–Trinajstić information content (AvgIpc) is 2.95. The Morgan fingerprint density at radius 2 is 1.10 bits per heavy atom. The van der Waals surface area contributed by atoms with E-state index < -0.39 is 0 Å². The van der Waals surface area contributed by atoms with Crippen molar-refractivity contribution in [1.29, 1.82) is 0 Å². The topological polar surface area (TPSA) is 29.1 Å². The van der Waals surface area contributed by atoms with E-state index in [9.17, 15) is 5.11 Å². The van der Waals surface area contributed by atoms with Crippen LogP contribution in [0.4, 0.5) is 0 Å². The highest BCUT2D eigenvalue weighted by Crippen LogP contribution is 2.37. The molecule has 0 aromatic heterocycles. The van der Waals surface area contributed by atoms with Gasteiger partial charge in [-0.15, -0.1) is 0 Å². The molecule has 2 bridgehead atoms. The lowest BCUT2D eigenvalue weighted by atomic mass is 9.84. The average molecular weight is 407 g/mol. The van der Waals surface area contributed by atoms with E-state index in [1.165, 1.54) is 109 Å². The van der Waals surface area contributed by atoms with Gasteiger partial charge in [-0.25, -0.2) is 5.11 Å². The second-order valence-electron chi connectivity index (χ2n) is 10.0. The van der Waals surface area contributed by atoms with Crippen molar-refractivity contribution in [1.82, 2.24) is 0 Å². The molecule has 0 aromatic carbocycles. The third-order valence-corrected chi connectivity index (χ3v) is 7.57.